The fourth-order valence-corrected chi connectivity index (χ4v) is 2.77. The van der Waals surface area contributed by atoms with Crippen molar-refractivity contribution in [2.75, 3.05) is 30.3 Å². The molecule has 1 fully saturated rings. The number of thiazole rings is 1. The van der Waals surface area contributed by atoms with Crippen molar-refractivity contribution >= 4 is 33.5 Å². The van der Waals surface area contributed by atoms with E-state index in [1.165, 1.54) is 11.3 Å². The van der Waals surface area contributed by atoms with Gasteiger partial charge in [0.15, 0.2) is 10.6 Å². The van der Waals surface area contributed by atoms with Crippen molar-refractivity contribution in [2.24, 2.45) is 0 Å². The third-order valence-corrected chi connectivity index (χ3v) is 3.58. The van der Waals surface area contributed by atoms with E-state index in [1.54, 1.807) is 5.51 Å². The molecule has 3 heterocycles. The first-order valence-electron chi connectivity index (χ1n) is 5.59. The molecule has 90 valence electrons. The van der Waals surface area contributed by atoms with Crippen molar-refractivity contribution in [3.8, 4) is 0 Å². The first-order chi connectivity index (χ1) is 8.24. The maximum atomic E-state index is 5.74. The van der Waals surface area contributed by atoms with Gasteiger partial charge in [-0.15, -0.1) is 11.3 Å². The summed E-state index contributed by atoms with van der Waals surface area (Å²) in [6, 6.07) is 0.452. The summed E-state index contributed by atoms with van der Waals surface area (Å²) in [5, 5.41) is 3.40. The average molecular weight is 250 g/mol. The lowest BCUT2D eigenvalue weighted by Gasteiger charge is -2.32. The molecule has 0 amide bonds. The fraction of sp³-hybridized carbons (Fsp3) is 0.500. The Bertz CT molecular complexity index is 539. The number of aromatic nitrogens is 3. The van der Waals surface area contributed by atoms with Crippen LogP contribution in [0.25, 0.3) is 10.3 Å². The summed E-state index contributed by atoms with van der Waals surface area (Å²) in [7, 11) is 0. The number of anilines is 2. The van der Waals surface area contributed by atoms with Gasteiger partial charge in [0.1, 0.15) is 5.52 Å². The van der Waals surface area contributed by atoms with Crippen LogP contribution in [0.5, 0.6) is 0 Å². The average Bonchev–Trinajstić information content (AvgIpc) is 2.75. The molecule has 0 aromatic carbocycles. The fourth-order valence-electron chi connectivity index (χ4n) is 2.11. The Morgan fingerprint density at radius 2 is 2.41 bits per heavy atom. The number of fused-ring (bicyclic) bond motifs is 1. The molecule has 1 aliphatic rings. The van der Waals surface area contributed by atoms with Crippen molar-refractivity contribution < 1.29 is 0 Å². The summed E-state index contributed by atoms with van der Waals surface area (Å²) in [6.45, 7) is 4.96. The van der Waals surface area contributed by atoms with Crippen LogP contribution >= 0.6 is 11.3 Å². The van der Waals surface area contributed by atoms with Gasteiger partial charge >= 0.3 is 0 Å². The Balaban J connectivity index is 2.06. The number of nitrogens with two attached hydrogens (primary N) is 1. The highest BCUT2D eigenvalue weighted by Gasteiger charge is 2.20. The van der Waals surface area contributed by atoms with Crippen molar-refractivity contribution in [1.29, 1.82) is 0 Å². The second kappa shape index (κ2) is 4.08. The monoisotopic (exact) mass is 250 g/mol. The summed E-state index contributed by atoms with van der Waals surface area (Å²) >= 11 is 1.50. The molecule has 0 bridgehead atoms. The van der Waals surface area contributed by atoms with Gasteiger partial charge in [0.05, 0.1) is 5.51 Å². The predicted molar refractivity (Wildman–Crippen MR) is 69.3 cm³/mol. The molecule has 3 N–H and O–H groups in total. The Morgan fingerprint density at radius 3 is 3.24 bits per heavy atom. The van der Waals surface area contributed by atoms with E-state index in [9.17, 15) is 0 Å². The molecular weight excluding hydrogens is 236 g/mol. The van der Waals surface area contributed by atoms with Gasteiger partial charge in [0.2, 0.25) is 5.95 Å². The minimum atomic E-state index is 0.322. The van der Waals surface area contributed by atoms with Crippen LogP contribution in [0.1, 0.15) is 6.92 Å². The minimum Gasteiger partial charge on any atom is -0.368 e. The Kier molecular flexibility index (Phi) is 2.56. The predicted octanol–water partition coefficient (Wildman–Crippen LogP) is 0.467. The van der Waals surface area contributed by atoms with Crippen molar-refractivity contribution in [3.63, 3.8) is 0 Å². The zero-order chi connectivity index (χ0) is 11.8. The third kappa shape index (κ3) is 1.91. The van der Waals surface area contributed by atoms with Crippen LogP contribution < -0.4 is 16.0 Å². The molecule has 1 saturated heterocycles. The number of nitrogens with zero attached hydrogens (tertiary/aromatic N) is 4. The molecule has 0 radical (unpaired) electrons. The Morgan fingerprint density at radius 1 is 1.53 bits per heavy atom. The maximum absolute atomic E-state index is 5.74. The third-order valence-electron chi connectivity index (χ3n) is 2.87. The summed E-state index contributed by atoms with van der Waals surface area (Å²) in [4.78, 5) is 16.0. The molecule has 1 atom stereocenters. The number of hydrogen-bond donors (Lipinski definition) is 2. The van der Waals surface area contributed by atoms with E-state index in [4.69, 9.17) is 5.73 Å². The quantitative estimate of drug-likeness (QED) is 0.765. The molecule has 0 aliphatic carbocycles. The van der Waals surface area contributed by atoms with Crippen molar-refractivity contribution in [3.05, 3.63) is 5.51 Å². The molecule has 2 aromatic heterocycles. The van der Waals surface area contributed by atoms with E-state index in [1.807, 2.05) is 0 Å². The lowest BCUT2D eigenvalue weighted by atomic mass is 10.2. The van der Waals surface area contributed by atoms with Crippen LogP contribution in [0.2, 0.25) is 0 Å². The maximum Gasteiger partial charge on any atom is 0.223 e. The van der Waals surface area contributed by atoms with Gasteiger partial charge in [-0.25, -0.2) is 9.97 Å². The lowest BCUT2D eigenvalue weighted by molar-refractivity contribution is 0.483. The summed E-state index contributed by atoms with van der Waals surface area (Å²) < 4.78 is 0. The molecule has 3 rings (SSSR count). The van der Waals surface area contributed by atoms with E-state index in [2.05, 4.69) is 32.1 Å². The number of rotatable bonds is 1. The van der Waals surface area contributed by atoms with Gasteiger partial charge in [-0.2, -0.15) is 4.98 Å². The molecular formula is C10H14N6S. The largest absolute Gasteiger partial charge is 0.368 e. The van der Waals surface area contributed by atoms with E-state index in [0.717, 1.165) is 35.8 Å². The van der Waals surface area contributed by atoms with Crippen LogP contribution in [0, 0.1) is 0 Å². The minimum absolute atomic E-state index is 0.322. The summed E-state index contributed by atoms with van der Waals surface area (Å²) in [5.74, 6) is 1.19. The normalized spacial score (nSPS) is 21.0. The highest BCUT2D eigenvalue weighted by Crippen LogP contribution is 2.26. The van der Waals surface area contributed by atoms with Gasteiger partial charge in [0, 0.05) is 25.7 Å². The van der Waals surface area contributed by atoms with E-state index in [0.29, 0.717) is 12.0 Å². The van der Waals surface area contributed by atoms with Crippen LogP contribution in [0.4, 0.5) is 11.8 Å². The lowest BCUT2D eigenvalue weighted by Crippen LogP contribution is -2.49. The highest BCUT2D eigenvalue weighted by atomic mass is 32.1. The first kappa shape index (κ1) is 10.7. The second-order valence-corrected chi connectivity index (χ2v) is 5.05. The Labute approximate surface area is 103 Å². The number of nitrogen functional groups attached to an aromatic ring is 1. The number of nitrogens with one attached hydrogen (secondary N) is 1. The highest BCUT2D eigenvalue weighted by molar-refractivity contribution is 7.16. The number of piperazine rings is 1. The standard InChI is InChI=1S/C10H14N6S/c1-6-4-16(3-2-12-6)8-7-9(17-5-13-7)15-10(11)14-8/h5-6,12H,2-4H2,1H3,(H2,11,14,15)/t6-/m1/s1. The molecule has 0 spiro atoms. The van der Waals surface area contributed by atoms with Crippen molar-refractivity contribution in [2.45, 2.75) is 13.0 Å². The summed E-state index contributed by atoms with van der Waals surface area (Å²) in [6.07, 6.45) is 0. The molecule has 6 nitrogen and oxygen atoms in total. The van der Waals surface area contributed by atoms with Crippen molar-refractivity contribution in [1.82, 2.24) is 20.3 Å². The molecule has 17 heavy (non-hydrogen) atoms. The smallest absolute Gasteiger partial charge is 0.223 e. The van der Waals surface area contributed by atoms with Gasteiger partial charge in [0.25, 0.3) is 0 Å². The van der Waals surface area contributed by atoms with Crippen LogP contribution in [0.3, 0.4) is 0 Å². The van der Waals surface area contributed by atoms with Crippen LogP contribution in [0.15, 0.2) is 5.51 Å². The number of hydrogen-bond acceptors (Lipinski definition) is 7. The zero-order valence-corrected chi connectivity index (χ0v) is 10.4. The van der Waals surface area contributed by atoms with Crippen LogP contribution in [-0.2, 0) is 0 Å². The zero-order valence-electron chi connectivity index (χ0n) is 9.55. The molecule has 2 aromatic rings. The molecule has 0 unspecified atom stereocenters. The van der Waals surface area contributed by atoms with E-state index in [-0.39, 0.29) is 0 Å². The summed E-state index contributed by atoms with van der Waals surface area (Å²) in [5.41, 5.74) is 8.38. The van der Waals surface area contributed by atoms with Gasteiger partial charge in [-0.3, -0.25) is 0 Å². The molecule has 0 saturated carbocycles. The second-order valence-electron chi connectivity index (χ2n) is 4.21. The topological polar surface area (TPSA) is 80.0 Å². The van der Waals surface area contributed by atoms with Crippen LogP contribution in [-0.4, -0.2) is 40.6 Å². The van der Waals surface area contributed by atoms with E-state index < -0.39 is 0 Å². The first-order valence-corrected chi connectivity index (χ1v) is 6.47. The molecule has 7 heteroatoms. The van der Waals surface area contributed by atoms with Gasteiger partial charge in [-0.1, -0.05) is 0 Å². The Hall–Kier alpha value is -1.47. The van der Waals surface area contributed by atoms with Gasteiger partial charge < -0.3 is 16.0 Å². The van der Waals surface area contributed by atoms with E-state index >= 15 is 0 Å². The SMILES string of the molecule is C[C@@H]1CN(c2nc(N)nc3scnc23)CCN1. The molecule has 1 aliphatic heterocycles. The van der Waals surface area contributed by atoms with Gasteiger partial charge in [-0.05, 0) is 6.92 Å².